The molecule has 5 heteroatoms. The van der Waals surface area contributed by atoms with Crippen LogP contribution in [0.2, 0.25) is 0 Å². The molecular weight excluding hydrogens is 234 g/mol. The Hall–Kier alpha value is -1.07. The summed E-state index contributed by atoms with van der Waals surface area (Å²) in [7, 11) is 0. The lowest BCUT2D eigenvalue weighted by molar-refractivity contribution is 0.188. The Morgan fingerprint density at radius 3 is 3.18 bits per heavy atom. The van der Waals surface area contributed by atoms with Crippen LogP contribution >= 0.6 is 11.3 Å². The molecule has 4 nitrogen and oxygen atoms in total. The second-order valence-corrected chi connectivity index (χ2v) is 4.97. The van der Waals surface area contributed by atoms with Gasteiger partial charge in [0.15, 0.2) is 5.96 Å². The van der Waals surface area contributed by atoms with Gasteiger partial charge >= 0.3 is 0 Å². The fraction of sp³-hybridized carbons (Fsp3) is 0.583. The number of guanidine groups is 1. The number of rotatable bonds is 3. The second kappa shape index (κ2) is 6.02. The second-order valence-electron chi connectivity index (χ2n) is 4.19. The molecule has 0 aliphatic carbocycles. The molecule has 0 radical (unpaired) electrons. The molecule has 2 heterocycles. The molecule has 1 fully saturated rings. The van der Waals surface area contributed by atoms with Gasteiger partial charge in [-0.25, -0.2) is 4.99 Å². The van der Waals surface area contributed by atoms with Crippen molar-refractivity contribution in [1.82, 2.24) is 10.2 Å². The molecule has 0 saturated carbocycles. The molecule has 17 heavy (non-hydrogen) atoms. The van der Waals surface area contributed by atoms with Crippen molar-refractivity contribution >= 4 is 17.3 Å². The van der Waals surface area contributed by atoms with Crippen LogP contribution in [0.25, 0.3) is 0 Å². The Morgan fingerprint density at radius 2 is 2.59 bits per heavy atom. The highest BCUT2D eigenvalue weighted by Gasteiger charge is 2.22. The van der Waals surface area contributed by atoms with Gasteiger partial charge in [0, 0.05) is 19.6 Å². The molecule has 2 N–H and O–H groups in total. The maximum atomic E-state index is 9.55. The normalized spacial score (nSPS) is 20.9. The van der Waals surface area contributed by atoms with E-state index in [-0.39, 0.29) is 6.10 Å². The van der Waals surface area contributed by atoms with Crippen LogP contribution in [0, 0.1) is 0 Å². The lowest BCUT2D eigenvalue weighted by Crippen LogP contribution is -2.40. The van der Waals surface area contributed by atoms with E-state index in [0.29, 0.717) is 13.1 Å². The first-order valence-electron chi connectivity index (χ1n) is 6.02. The van der Waals surface area contributed by atoms with Crippen LogP contribution in [0.4, 0.5) is 0 Å². The molecule has 1 aromatic heterocycles. The topological polar surface area (TPSA) is 47.9 Å². The number of nitrogens with one attached hydrogen (secondary N) is 1. The van der Waals surface area contributed by atoms with Crippen molar-refractivity contribution in [3.05, 3.63) is 22.4 Å². The van der Waals surface area contributed by atoms with Gasteiger partial charge in [-0.3, -0.25) is 0 Å². The standard InChI is InChI=1S/C12H19N3OS/c1-2-13-12(15-5-3-11(16)8-15)14-7-10-4-6-17-9-10/h4,6,9,11,16H,2-3,5,7-8H2,1H3,(H,13,14)/t11-/m1/s1. The number of likely N-dealkylation sites (tertiary alicyclic amines) is 1. The summed E-state index contributed by atoms with van der Waals surface area (Å²) >= 11 is 1.69. The van der Waals surface area contributed by atoms with Gasteiger partial charge in [-0.1, -0.05) is 0 Å². The van der Waals surface area contributed by atoms with Gasteiger partial charge in [-0.05, 0) is 35.7 Å². The molecule has 1 aliphatic rings. The van der Waals surface area contributed by atoms with Crippen molar-refractivity contribution in [3.8, 4) is 0 Å². The van der Waals surface area contributed by atoms with E-state index in [2.05, 4.69) is 39.0 Å². The van der Waals surface area contributed by atoms with Crippen molar-refractivity contribution < 1.29 is 5.11 Å². The lowest BCUT2D eigenvalue weighted by Gasteiger charge is -2.20. The van der Waals surface area contributed by atoms with Crippen molar-refractivity contribution in [2.24, 2.45) is 4.99 Å². The SMILES string of the molecule is CCNC(=NCc1ccsc1)N1CC[C@@H](O)C1. The van der Waals surface area contributed by atoms with Gasteiger partial charge in [0.25, 0.3) is 0 Å². The summed E-state index contributed by atoms with van der Waals surface area (Å²) in [6, 6.07) is 2.09. The number of aliphatic imine (C=N–C) groups is 1. The van der Waals surface area contributed by atoms with Gasteiger partial charge in [0.1, 0.15) is 0 Å². The highest BCUT2D eigenvalue weighted by atomic mass is 32.1. The van der Waals surface area contributed by atoms with Crippen LogP contribution in [0.1, 0.15) is 18.9 Å². The first kappa shape index (κ1) is 12.4. The van der Waals surface area contributed by atoms with E-state index in [9.17, 15) is 5.11 Å². The molecule has 0 bridgehead atoms. The van der Waals surface area contributed by atoms with Gasteiger partial charge < -0.3 is 15.3 Å². The third-order valence-corrected chi connectivity index (χ3v) is 3.52. The van der Waals surface area contributed by atoms with E-state index in [1.807, 2.05) is 0 Å². The molecule has 0 spiro atoms. The summed E-state index contributed by atoms with van der Waals surface area (Å²) in [6.07, 6.45) is 0.628. The number of thiophene rings is 1. The Morgan fingerprint density at radius 1 is 1.71 bits per heavy atom. The lowest BCUT2D eigenvalue weighted by atomic mass is 10.3. The molecule has 94 valence electrons. The third-order valence-electron chi connectivity index (χ3n) is 2.79. The summed E-state index contributed by atoms with van der Waals surface area (Å²) < 4.78 is 0. The van der Waals surface area contributed by atoms with E-state index >= 15 is 0 Å². The van der Waals surface area contributed by atoms with E-state index in [1.54, 1.807) is 11.3 Å². The minimum atomic E-state index is -0.208. The van der Waals surface area contributed by atoms with Crippen LogP contribution in [0.5, 0.6) is 0 Å². The minimum Gasteiger partial charge on any atom is -0.391 e. The van der Waals surface area contributed by atoms with E-state index in [0.717, 1.165) is 25.5 Å². The largest absolute Gasteiger partial charge is 0.391 e. The summed E-state index contributed by atoms with van der Waals surface area (Å²) in [6.45, 7) is 5.20. The van der Waals surface area contributed by atoms with Gasteiger partial charge in [-0.15, -0.1) is 0 Å². The molecule has 0 amide bonds. The van der Waals surface area contributed by atoms with Crippen molar-refractivity contribution in [2.75, 3.05) is 19.6 Å². The molecule has 0 unspecified atom stereocenters. The molecule has 1 aliphatic heterocycles. The van der Waals surface area contributed by atoms with Crippen LogP contribution in [0.3, 0.4) is 0 Å². The average molecular weight is 253 g/mol. The summed E-state index contributed by atoms with van der Waals surface area (Å²) in [5.74, 6) is 0.912. The number of hydrogen-bond acceptors (Lipinski definition) is 3. The zero-order valence-corrected chi connectivity index (χ0v) is 10.9. The van der Waals surface area contributed by atoms with Crippen LogP contribution in [-0.2, 0) is 6.54 Å². The van der Waals surface area contributed by atoms with E-state index in [1.165, 1.54) is 5.56 Å². The molecule has 1 saturated heterocycles. The molecular formula is C12H19N3OS. The highest BCUT2D eigenvalue weighted by Crippen LogP contribution is 2.11. The number of aliphatic hydroxyl groups excluding tert-OH is 1. The first-order valence-corrected chi connectivity index (χ1v) is 6.96. The van der Waals surface area contributed by atoms with E-state index in [4.69, 9.17) is 0 Å². The van der Waals surface area contributed by atoms with Crippen molar-refractivity contribution in [1.29, 1.82) is 0 Å². The monoisotopic (exact) mass is 253 g/mol. The Labute approximate surface area is 106 Å². The van der Waals surface area contributed by atoms with Crippen LogP contribution in [-0.4, -0.2) is 41.7 Å². The first-order chi connectivity index (χ1) is 8.29. The number of hydrogen-bond donors (Lipinski definition) is 2. The fourth-order valence-corrected chi connectivity index (χ4v) is 2.57. The number of nitrogens with zero attached hydrogens (tertiary/aromatic N) is 2. The minimum absolute atomic E-state index is 0.208. The Bertz CT molecular complexity index is 364. The fourth-order valence-electron chi connectivity index (χ4n) is 1.91. The molecule has 2 rings (SSSR count). The molecule has 0 aromatic carbocycles. The quantitative estimate of drug-likeness (QED) is 0.630. The van der Waals surface area contributed by atoms with Crippen molar-refractivity contribution in [3.63, 3.8) is 0 Å². The maximum Gasteiger partial charge on any atom is 0.194 e. The third kappa shape index (κ3) is 3.44. The zero-order valence-electron chi connectivity index (χ0n) is 10.1. The van der Waals surface area contributed by atoms with Crippen LogP contribution < -0.4 is 5.32 Å². The average Bonchev–Trinajstić information content (AvgIpc) is 2.95. The maximum absolute atomic E-state index is 9.55. The highest BCUT2D eigenvalue weighted by molar-refractivity contribution is 7.07. The predicted octanol–water partition coefficient (Wildman–Crippen LogP) is 1.28. The van der Waals surface area contributed by atoms with Gasteiger partial charge in [-0.2, -0.15) is 11.3 Å². The Kier molecular flexibility index (Phi) is 4.39. The number of β-amino-alcohol motifs (C(OH)–C–C–N with tert-alkyl or cyclic N) is 1. The van der Waals surface area contributed by atoms with E-state index < -0.39 is 0 Å². The van der Waals surface area contributed by atoms with Crippen molar-refractivity contribution in [2.45, 2.75) is 26.0 Å². The molecule has 1 atom stereocenters. The number of aliphatic hydroxyl groups is 1. The van der Waals surface area contributed by atoms with Gasteiger partial charge in [0.2, 0.25) is 0 Å². The van der Waals surface area contributed by atoms with Crippen LogP contribution in [0.15, 0.2) is 21.8 Å². The summed E-state index contributed by atoms with van der Waals surface area (Å²) in [4.78, 5) is 6.72. The van der Waals surface area contributed by atoms with Gasteiger partial charge in [0.05, 0.1) is 12.6 Å². The summed E-state index contributed by atoms with van der Waals surface area (Å²) in [5.41, 5.74) is 1.24. The Balaban J connectivity index is 1.98. The molecule has 1 aromatic rings. The predicted molar refractivity (Wildman–Crippen MR) is 71.3 cm³/mol. The summed E-state index contributed by atoms with van der Waals surface area (Å²) in [5, 5.41) is 17.0. The zero-order chi connectivity index (χ0) is 12.1. The smallest absolute Gasteiger partial charge is 0.194 e.